The van der Waals surface area contributed by atoms with Gasteiger partial charge in [-0.25, -0.2) is 9.97 Å². The van der Waals surface area contributed by atoms with Crippen LogP contribution in [0.1, 0.15) is 76.7 Å². The fourth-order valence-electron chi connectivity index (χ4n) is 3.12. The minimum Gasteiger partial charge on any atom is -0.370 e. The van der Waals surface area contributed by atoms with E-state index in [9.17, 15) is 0 Å². The summed E-state index contributed by atoms with van der Waals surface area (Å²) in [7, 11) is 0. The van der Waals surface area contributed by atoms with Crippen LogP contribution >= 0.6 is 0 Å². The molecule has 1 aromatic rings. The Morgan fingerprint density at radius 3 is 2.75 bits per heavy atom. The average molecular weight is 275 g/mol. The third-order valence-corrected chi connectivity index (χ3v) is 4.44. The Labute approximate surface area is 123 Å². The molecule has 0 aliphatic heterocycles. The Kier molecular flexibility index (Phi) is 5.81. The molecule has 0 aromatic carbocycles. The first-order chi connectivity index (χ1) is 9.76. The maximum atomic E-state index is 4.80. The zero-order chi connectivity index (χ0) is 14.4. The van der Waals surface area contributed by atoms with Crippen molar-refractivity contribution in [1.29, 1.82) is 0 Å². The maximum Gasteiger partial charge on any atom is 0.134 e. The molecule has 1 saturated carbocycles. The molecule has 112 valence electrons. The highest BCUT2D eigenvalue weighted by atomic mass is 15.0. The van der Waals surface area contributed by atoms with E-state index in [0.717, 1.165) is 36.9 Å². The number of rotatable bonds is 6. The number of nitrogens with zero attached hydrogens (tertiary/aromatic N) is 2. The lowest BCUT2D eigenvalue weighted by Gasteiger charge is -2.27. The number of anilines is 1. The first kappa shape index (κ1) is 15.3. The molecule has 0 bridgehead atoms. The van der Waals surface area contributed by atoms with E-state index >= 15 is 0 Å². The Morgan fingerprint density at radius 1 is 1.20 bits per heavy atom. The summed E-state index contributed by atoms with van der Waals surface area (Å²) in [5.74, 6) is 3.55. The summed E-state index contributed by atoms with van der Waals surface area (Å²) in [5.41, 5.74) is 1.17. The predicted octanol–water partition coefficient (Wildman–Crippen LogP) is 4.54. The summed E-state index contributed by atoms with van der Waals surface area (Å²) < 4.78 is 0. The van der Waals surface area contributed by atoms with Crippen molar-refractivity contribution < 1.29 is 0 Å². The van der Waals surface area contributed by atoms with Crippen LogP contribution in [0.25, 0.3) is 0 Å². The van der Waals surface area contributed by atoms with Crippen LogP contribution in [0.2, 0.25) is 0 Å². The van der Waals surface area contributed by atoms with Crippen molar-refractivity contribution in [3.63, 3.8) is 0 Å². The highest BCUT2D eigenvalue weighted by Gasteiger charge is 2.24. The molecule has 0 radical (unpaired) electrons. The lowest BCUT2D eigenvalue weighted by molar-refractivity contribution is 0.307. The van der Waals surface area contributed by atoms with Crippen LogP contribution in [0.3, 0.4) is 0 Å². The van der Waals surface area contributed by atoms with Gasteiger partial charge < -0.3 is 5.32 Å². The van der Waals surface area contributed by atoms with Crippen LogP contribution in [-0.2, 0) is 6.42 Å². The quantitative estimate of drug-likeness (QED) is 0.828. The molecule has 2 atom stereocenters. The minimum atomic E-state index is 0.572. The summed E-state index contributed by atoms with van der Waals surface area (Å²) in [5, 5.41) is 3.42. The second kappa shape index (κ2) is 7.61. The summed E-state index contributed by atoms with van der Waals surface area (Å²) in [6, 6.07) is 2.11. The lowest BCUT2D eigenvalue weighted by Crippen LogP contribution is -2.17. The second-order valence-electron chi connectivity index (χ2n) is 6.02. The van der Waals surface area contributed by atoms with E-state index in [1.807, 2.05) is 0 Å². The third kappa shape index (κ3) is 3.94. The van der Waals surface area contributed by atoms with Gasteiger partial charge in [-0.15, -0.1) is 0 Å². The standard InChI is InChI=1S/C17H29N3/c1-4-10-18-16-12-15(6-3)19-17(20-16)14-9-7-8-13(5-2)11-14/h12-14H,4-11H2,1-3H3,(H,18,19,20). The largest absolute Gasteiger partial charge is 0.370 e. The molecule has 2 unspecified atom stereocenters. The van der Waals surface area contributed by atoms with Crippen molar-refractivity contribution in [3.05, 3.63) is 17.6 Å². The monoisotopic (exact) mass is 275 g/mol. The highest BCUT2D eigenvalue weighted by molar-refractivity contribution is 5.36. The van der Waals surface area contributed by atoms with Gasteiger partial charge in [0.2, 0.25) is 0 Å². The van der Waals surface area contributed by atoms with Crippen molar-refractivity contribution in [2.75, 3.05) is 11.9 Å². The minimum absolute atomic E-state index is 0.572. The van der Waals surface area contributed by atoms with Gasteiger partial charge in [0.05, 0.1) is 0 Å². The molecule has 1 N–H and O–H groups in total. The van der Waals surface area contributed by atoms with Gasteiger partial charge in [0.1, 0.15) is 11.6 Å². The SMILES string of the molecule is CCCNc1cc(CC)nc(C2CCCC(CC)C2)n1. The van der Waals surface area contributed by atoms with Gasteiger partial charge in [0.25, 0.3) is 0 Å². The molecule has 0 spiro atoms. The Hall–Kier alpha value is -1.12. The summed E-state index contributed by atoms with van der Waals surface area (Å²) in [6.07, 6.45) is 8.67. The average Bonchev–Trinajstić information content (AvgIpc) is 2.52. The number of nitrogens with one attached hydrogen (secondary N) is 1. The molecule has 0 saturated heterocycles. The van der Waals surface area contributed by atoms with E-state index in [4.69, 9.17) is 9.97 Å². The zero-order valence-corrected chi connectivity index (χ0v) is 13.3. The summed E-state index contributed by atoms with van der Waals surface area (Å²) >= 11 is 0. The van der Waals surface area contributed by atoms with E-state index in [0.29, 0.717) is 5.92 Å². The van der Waals surface area contributed by atoms with Crippen molar-refractivity contribution in [3.8, 4) is 0 Å². The summed E-state index contributed by atoms with van der Waals surface area (Å²) in [6.45, 7) is 7.65. The normalized spacial score (nSPS) is 22.8. The Morgan fingerprint density at radius 2 is 2.05 bits per heavy atom. The predicted molar refractivity (Wildman–Crippen MR) is 85.2 cm³/mol. The molecule has 1 aliphatic rings. The van der Waals surface area contributed by atoms with Crippen molar-refractivity contribution in [2.24, 2.45) is 5.92 Å². The van der Waals surface area contributed by atoms with Crippen molar-refractivity contribution in [2.45, 2.75) is 71.6 Å². The first-order valence-electron chi connectivity index (χ1n) is 8.38. The molecular weight excluding hydrogens is 246 g/mol. The van der Waals surface area contributed by atoms with Gasteiger partial charge in [-0.3, -0.25) is 0 Å². The molecule has 1 fully saturated rings. The third-order valence-electron chi connectivity index (χ3n) is 4.44. The Balaban J connectivity index is 2.16. The molecule has 3 nitrogen and oxygen atoms in total. The van der Waals surface area contributed by atoms with E-state index < -0.39 is 0 Å². The highest BCUT2D eigenvalue weighted by Crippen LogP contribution is 2.36. The van der Waals surface area contributed by atoms with Gasteiger partial charge in [-0.1, -0.05) is 40.0 Å². The second-order valence-corrected chi connectivity index (χ2v) is 6.02. The molecule has 1 aromatic heterocycles. The molecular formula is C17H29N3. The molecule has 1 heterocycles. The number of hydrogen-bond acceptors (Lipinski definition) is 3. The van der Waals surface area contributed by atoms with Crippen molar-refractivity contribution >= 4 is 5.82 Å². The molecule has 1 aliphatic carbocycles. The van der Waals surface area contributed by atoms with Crippen LogP contribution in [-0.4, -0.2) is 16.5 Å². The first-order valence-corrected chi connectivity index (χ1v) is 8.38. The number of aryl methyl sites for hydroxylation is 1. The van der Waals surface area contributed by atoms with Crippen LogP contribution in [0, 0.1) is 5.92 Å². The van der Waals surface area contributed by atoms with Crippen LogP contribution < -0.4 is 5.32 Å². The van der Waals surface area contributed by atoms with E-state index in [1.165, 1.54) is 37.8 Å². The van der Waals surface area contributed by atoms with Gasteiger partial charge in [-0.05, 0) is 31.6 Å². The van der Waals surface area contributed by atoms with Gasteiger partial charge in [0.15, 0.2) is 0 Å². The van der Waals surface area contributed by atoms with Crippen molar-refractivity contribution in [1.82, 2.24) is 9.97 Å². The number of hydrogen-bond donors (Lipinski definition) is 1. The smallest absolute Gasteiger partial charge is 0.134 e. The van der Waals surface area contributed by atoms with E-state index in [2.05, 4.69) is 32.2 Å². The van der Waals surface area contributed by atoms with Gasteiger partial charge in [0, 0.05) is 24.2 Å². The fraction of sp³-hybridized carbons (Fsp3) is 0.765. The van der Waals surface area contributed by atoms with E-state index in [1.54, 1.807) is 0 Å². The molecule has 2 rings (SSSR count). The van der Waals surface area contributed by atoms with E-state index in [-0.39, 0.29) is 0 Å². The van der Waals surface area contributed by atoms with Crippen LogP contribution in [0.4, 0.5) is 5.82 Å². The molecule has 0 amide bonds. The van der Waals surface area contributed by atoms with Crippen LogP contribution in [0.5, 0.6) is 0 Å². The maximum absolute atomic E-state index is 4.80. The lowest BCUT2D eigenvalue weighted by atomic mass is 9.80. The molecule has 20 heavy (non-hydrogen) atoms. The van der Waals surface area contributed by atoms with Gasteiger partial charge in [-0.2, -0.15) is 0 Å². The number of aromatic nitrogens is 2. The molecule has 3 heteroatoms. The zero-order valence-electron chi connectivity index (χ0n) is 13.3. The Bertz CT molecular complexity index is 417. The fourth-order valence-corrected chi connectivity index (χ4v) is 3.12. The van der Waals surface area contributed by atoms with Crippen LogP contribution in [0.15, 0.2) is 6.07 Å². The topological polar surface area (TPSA) is 37.8 Å². The summed E-state index contributed by atoms with van der Waals surface area (Å²) in [4.78, 5) is 9.59. The van der Waals surface area contributed by atoms with Gasteiger partial charge >= 0.3 is 0 Å².